The van der Waals surface area contributed by atoms with Crippen LogP contribution in [0.15, 0.2) is 12.1 Å². The number of halogens is 1. The molecule has 1 aromatic rings. The van der Waals surface area contributed by atoms with Crippen molar-refractivity contribution in [2.45, 2.75) is 45.8 Å². The molecule has 1 aliphatic rings. The maximum absolute atomic E-state index is 6.29. The summed E-state index contributed by atoms with van der Waals surface area (Å²) in [6, 6.07) is 5.06. The molecule has 0 bridgehead atoms. The Labute approximate surface area is 145 Å². The molecule has 1 aliphatic heterocycles. The van der Waals surface area contributed by atoms with Crippen LogP contribution in [-0.2, 0) is 6.54 Å². The molecule has 1 aromatic carbocycles. The molecular formula is C18H29ClN2O2. The second-order valence-corrected chi connectivity index (χ2v) is 6.83. The summed E-state index contributed by atoms with van der Waals surface area (Å²) in [6.07, 6.45) is 1.18. The summed E-state index contributed by atoms with van der Waals surface area (Å²) in [5, 5.41) is 0.635. The second kappa shape index (κ2) is 8.22. The van der Waals surface area contributed by atoms with Crippen molar-refractivity contribution in [3.63, 3.8) is 0 Å². The molecule has 1 heterocycles. The van der Waals surface area contributed by atoms with E-state index in [2.05, 4.69) is 30.6 Å². The minimum absolute atomic E-state index is 0.604. The Hall–Kier alpha value is -0.970. The van der Waals surface area contributed by atoms with Crippen LogP contribution in [0.25, 0.3) is 0 Å². The molecule has 0 N–H and O–H groups in total. The summed E-state index contributed by atoms with van der Waals surface area (Å²) in [7, 11) is 3.31. The van der Waals surface area contributed by atoms with Crippen molar-refractivity contribution in [2.24, 2.45) is 0 Å². The zero-order valence-corrected chi connectivity index (χ0v) is 15.7. The molecule has 0 radical (unpaired) electrons. The molecule has 1 atom stereocenters. The molecular weight excluding hydrogens is 312 g/mol. The lowest BCUT2D eigenvalue weighted by Gasteiger charge is -2.43. The van der Waals surface area contributed by atoms with E-state index in [4.69, 9.17) is 21.1 Å². The monoisotopic (exact) mass is 340 g/mol. The van der Waals surface area contributed by atoms with E-state index in [0.717, 1.165) is 37.5 Å². The minimum atomic E-state index is 0.604. The quantitative estimate of drug-likeness (QED) is 0.789. The van der Waals surface area contributed by atoms with E-state index in [9.17, 15) is 0 Å². The van der Waals surface area contributed by atoms with Crippen molar-refractivity contribution in [2.75, 3.05) is 33.9 Å². The Balaban J connectivity index is 2.12. The summed E-state index contributed by atoms with van der Waals surface area (Å²) in [4.78, 5) is 5.10. The standard InChI is InChI=1S/C18H29ClN2O2/c1-6-15-12-20(7-8-21(15)13(2)3)11-14-9-16(19)18(23-5)10-17(14)22-4/h9-10,13,15H,6-8,11-12H2,1-5H3/t15-/m1/s1. The lowest BCUT2D eigenvalue weighted by atomic mass is 10.1. The Morgan fingerprint density at radius 2 is 1.87 bits per heavy atom. The van der Waals surface area contributed by atoms with Gasteiger partial charge in [0.1, 0.15) is 11.5 Å². The van der Waals surface area contributed by atoms with E-state index < -0.39 is 0 Å². The van der Waals surface area contributed by atoms with E-state index in [-0.39, 0.29) is 0 Å². The molecule has 0 amide bonds. The van der Waals surface area contributed by atoms with Crippen LogP contribution in [-0.4, -0.2) is 55.7 Å². The lowest BCUT2D eigenvalue weighted by molar-refractivity contribution is 0.0453. The molecule has 1 saturated heterocycles. The number of benzene rings is 1. The van der Waals surface area contributed by atoms with Crippen LogP contribution < -0.4 is 9.47 Å². The largest absolute Gasteiger partial charge is 0.496 e. The van der Waals surface area contributed by atoms with Crippen LogP contribution in [0, 0.1) is 0 Å². The summed E-state index contributed by atoms with van der Waals surface area (Å²) < 4.78 is 10.8. The number of nitrogens with zero attached hydrogens (tertiary/aromatic N) is 2. The highest BCUT2D eigenvalue weighted by Gasteiger charge is 2.27. The second-order valence-electron chi connectivity index (χ2n) is 6.43. The van der Waals surface area contributed by atoms with Crippen molar-refractivity contribution >= 4 is 11.6 Å². The van der Waals surface area contributed by atoms with Gasteiger partial charge in [0.25, 0.3) is 0 Å². The SMILES string of the molecule is CC[C@@H]1CN(Cc2cc(Cl)c(OC)cc2OC)CCN1C(C)C. The van der Waals surface area contributed by atoms with Crippen molar-refractivity contribution < 1.29 is 9.47 Å². The van der Waals surface area contributed by atoms with Gasteiger partial charge in [-0.2, -0.15) is 0 Å². The molecule has 5 heteroatoms. The van der Waals surface area contributed by atoms with Crippen LogP contribution in [0.2, 0.25) is 5.02 Å². The predicted octanol–water partition coefficient (Wildman–Crippen LogP) is 3.66. The van der Waals surface area contributed by atoms with Crippen molar-refractivity contribution in [1.82, 2.24) is 9.80 Å². The third-order valence-electron chi connectivity index (χ3n) is 4.70. The van der Waals surface area contributed by atoms with Gasteiger partial charge in [0.2, 0.25) is 0 Å². The van der Waals surface area contributed by atoms with Crippen LogP contribution in [0.5, 0.6) is 11.5 Å². The molecule has 0 aromatic heterocycles. The summed E-state index contributed by atoms with van der Waals surface area (Å²) in [5.41, 5.74) is 1.12. The fourth-order valence-corrected chi connectivity index (χ4v) is 3.67. The van der Waals surface area contributed by atoms with Gasteiger partial charge in [0.05, 0.1) is 19.2 Å². The van der Waals surface area contributed by atoms with E-state index in [0.29, 0.717) is 22.9 Å². The zero-order chi connectivity index (χ0) is 17.0. The first-order valence-corrected chi connectivity index (χ1v) is 8.76. The average Bonchev–Trinajstić information content (AvgIpc) is 2.54. The molecule has 2 rings (SSSR count). The number of rotatable bonds is 6. The fourth-order valence-electron chi connectivity index (χ4n) is 3.41. The summed E-state index contributed by atoms with van der Waals surface area (Å²) >= 11 is 6.29. The van der Waals surface area contributed by atoms with Gasteiger partial charge in [0.15, 0.2) is 0 Å². The maximum atomic E-state index is 6.29. The van der Waals surface area contributed by atoms with Crippen LogP contribution >= 0.6 is 11.6 Å². The minimum Gasteiger partial charge on any atom is -0.496 e. The molecule has 0 saturated carbocycles. The highest BCUT2D eigenvalue weighted by atomic mass is 35.5. The van der Waals surface area contributed by atoms with Crippen LogP contribution in [0.1, 0.15) is 32.8 Å². The molecule has 4 nitrogen and oxygen atoms in total. The third-order valence-corrected chi connectivity index (χ3v) is 4.99. The predicted molar refractivity (Wildman–Crippen MR) is 95.8 cm³/mol. The highest BCUT2D eigenvalue weighted by molar-refractivity contribution is 6.32. The maximum Gasteiger partial charge on any atom is 0.141 e. The lowest BCUT2D eigenvalue weighted by Crippen LogP contribution is -2.54. The first kappa shape index (κ1) is 18.4. The first-order valence-electron chi connectivity index (χ1n) is 8.38. The molecule has 23 heavy (non-hydrogen) atoms. The number of hydrogen-bond donors (Lipinski definition) is 0. The van der Waals surface area contributed by atoms with Crippen molar-refractivity contribution in [1.29, 1.82) is 0 Å². The van der Waals surface area contributed by atoms with Crippen LogP contribution in [0.4, 0.5) is 0 Å². The molecule has 0 aliphatic carbocycles. The summed E-state index contributed by atoms with van der Waals surface area (Å²) in [5.74, 6) is 1.49. The van der Waals surface area contributed by atoms with Gasteiger partial charge in [0, 0.05) is 49.9 Å². The van der Waals surface area contributed by atoms with Gasteiger partial charge >= 0.3 is 0 Å². The third kappa shape index (κ3) is 4.31. The Morgan fingerprint density at radius 3 is 2.43 bits per heavy atom. The number of piperazine rings is 1. The van der Waals surface area contributed by atoms with Crippen molar-refractivity contribution in [3.05, 3.63) is 22.7 Å². The number of ether oxygens (including phenoxy) is 2. The number of methoxy groups -OCH3 is 2. The zero-order valence-electron chi connectivity index (χ0n) is 14.9. The smallest absolute Gasteiger partial charge is 0.141 e. The van der Waals surface area contributed by atoms with Gasteiger partial charge in [-0.25, -0.2) is 0 Å². The van der Waals surface area contributed by atoms with Gasteiger partial charge in [-0.1, -0.05) is 18.5 Å². The molecule has 0 unspecified atom stereocenters. The van der Waals surface area contributed by atoms with Gasteiger partial charge in [-0.05, 0) is 26.3 Å². The number of hydrogen-bond acceptors (Lipinski definition) is 4. The van der Waals surface area contributed by atoms with Gasteiger partial charge in [-0.15, -0.1) is 0 Å². The van der Waals surface area contributed by atoms with E-state index in [1.54, 1.807) is 14.2 Å². The van der Waals surface area contributed by atoms with Crippen molar-refractivity contribution in [3.8, 4) is 11.5 Å². The van der Waals surface area contributed by atoms with Gasteiger partial charge in [-0.3, -0.25) is 9.80 Å². The molecule has 1 fully saturated rings. The van der Waals surface area contributed by atoms with E-state index in [1.165, 1.54) is 6.42 Å². The molecule has 130 valence electrons. The normalized spacial score (nSPS) is 20.0. The Morgan fingerprint density at radius 1 is 1.17 bits per heavy atom. The first-order chi connectivity index (χ1) is 11.0. The average molecular weight is 341 g/mol. The van der Waals surface area contributed by atoms with Gasteiger partial charge < -0.3 is 9.47 Å². The van der Waals surface area contributed by atoms with E-state index in [1.807, 2.05) is 12.1 Å². The Bertz CT molecular complexity index is 522. The summed E-state index contributed by atoms with van der Waals surface area (Å²) in [6.45, 7) is 11.0. The Kier molecular flexibility index (Phi) is 6.57. The van der Waals surface area contributed by atoms with Crippen LogP contribution in [0.3, 0.4) is 0 Å². The molecule has 0 spiro atoms. The topological polar surface area (TPSA) is 24.9 Å². The highest BCUT2D eigenvalue weighted by Crippen LogP contribution is 2.33. The fraction of sp³-hybridized carbons (Fsp3) is 0.667. The van der Waals surface area contributed by atoms with E-state index >= 15 is 0 Å².